The lowest BCUT2D eigenvalue weighted by atomic mass is 9.67. The molecule has 0 aromatic rings. The maximum absolute atomic E-state index is 6.50. The van der Waals surface area contributed by atoms with Crippen LogP contribution in [0.4, 0.5) is 0 Å². The van der Waals surface area contributed by atoms with Crippen molar-refractivity contribution in [3.05, 3.63) is 0 Å². The quantitative estimate of drug-likeness (QED) is 0.863. The maximum Gasteiger partial charge on any atom is 0.0253 e. The van der Waals surface area contributed by atoms with Gasteiger partial charge >= 0.3 is 0 Å². The van der Waals surface area contributed by atoms with E-state index < -0.39 is 0 Å². The zero-order valence-corrected chi connectivity index (χ0v) is 14.2. The van der Waals surface area contributed by atoms with E-state index in [1.165, 1.54) is 45.3 Å². The summed E-state index contributed by atoms with van der Waals surface area (Å²) in [5.41, 5.74) is 6.96. The van der Waals surface area contributed by atoms with Gasteiger partial charge in [-0.15, -0.1) is 0 Å². The summed E-state index contributed by atoms with van der Waals surface area (Å²) >= 11 is 0. The van der Waals surface area contributed by atoms with Crippen molar-refractivity contribution >= 4 is 0 Å². The predicted octanol–water partition coefficient (Wildman–Crippen LogP) is 2.55. The summed E-state index contributed by atoms with van der Waals surface area (Å²) in [7, 11) is 2.23. The molecule has 3 heteroatoms. The van der Waals surface area contributed by atoms with Crippen LogP contribution in [0, 0.1) is 11.3 Å². The molecular formula is C17H35N3. The first-order chi connectivity index (χ1) is 9.35. The highest BCUT2D eigenvalue weighted by Crippen LogP contribution is 2.41. The molecule has 0 amide bonds. The summed E-state index contributed by atoms with van der Waals surface area (Å²) in [5.74, 6) is 0.837. The summed E-state index contributed by atoms with van der Waals surface area (Å²) in [4.78, 5) is 5.16. The van der Waals surface area contributed by atoms with Gasteiger partial charge < -0.3 is 10.6 Å². The van der Waals surface area contributed by atoms with Crippen molar-refractivity contribution in [1.29, 1.82) is 0 Å². The zero-order chi connectivity index (χ0) is 14.9. The number of nitrogens with zero attached hydrogens (tertiary/aromatic N) is 2. The van der Waals surface area contributed by atoms with Crippen molar-refractivity contribution in [2.75, 3.05) is 26.7 Å². The third kappa shape index (κ3) is 3.37. The Hall–Kier alpha value is -0.120. The first kappa shape index (κ1) is 16.3. The lowest BCUT2D eigenvalue weighted by Crippen LogP contribution is -2.61. The van der Waals surface area contributed by atoms with Gasteiger partial charge in [0.2, 0.25) is 0 Å². The molecule has 1 saturated carbocycles. The largest absolute Gasteiger partial charge is 0.326 e. The summed E-state index contributed by atoms with van der Waals surface area (Å²) in [6.07, 6.45) is 5.10. The Kier molecular flexibility index (Phi) is 5.14. The molecule has 1 saturated heterocycles. The highest BCUT2D eigenvalue weighted by atomic mass is 15.3. The van der Waals surface area contributed by atoms with Gasteiger partial charge in [-0.1, -0.05) is 27.2 Å². The van der Waals surface area contributed by atoms with Gasteiger partial charge in [0.05, 0.1) is 0 Å². The second-order valence-electron chi connectivity index (χ2n) is 7.93. The van der Waals surface area contributed by atoms with E-state index in [0.717, 1.165) is 5.92 Å². The second kappa shape index (κ2) is 6.33. The van der Waals surface area contributed by atoms with Gasteiger partial charge in [-0.25, -0.2) is 0 Å². The minimum absolute atomic E-state index is 0.379. The van der Waals surface area contributed by atoms with Crippen LogP contribution in [-0.4, -0.2) is 54.6 Å². The average molecular weight is 281 g/mol. The summed E-state index contributed by atoms with van der Waals surface area (Å²) in [6.45, 7) is 13.2. The molecule has 1 aliphatic heterocycles. The molecule has 0 aromatic carbocycles. The molecule has 2 rings (SSSR count). The first-order valence-corrected chi connectivity index (χ1v) is 8.55. The molecule has 4 unspecified atom stereocenters. The Morgan fingerprint density at radius 3 is 2.50 bits per heavy atom. The third-order valence-corrected chi connectivity index (χ3v) is 6.19. The van der Waals surface area contributed by atoms with Crippen molar-refractivity contribution in [1.82, 2.24) is 9.80 Å². The van der Waals surface area contributed by atoms with Gasteiger partial charge in [0.15, 0.2) is 0 Å². The predicted molar refractivity (Wildman–Crippen MR) is 86.8 cm³/mol. The summed E-state index contributed by atoms with van der Waals surface area (Å²) in [5, 5.41) is 0. The average Bonchev–Trinajstić information content (AvgIpc) is 2.40. The highest BCUT2D eigenvalue weighted by Gasteiger charge is 2.40. The van der Waals surface area contributed by atoms with Crippen LogP contribution in [0.5, 0.6) is 0 Å². The van der Waals surface area contributed by atoms with Crippen LogP contribution in [0.1, 0.15) is 53.4 Å². The third-order valence-electron chi connectivity index (χ3n) is 6.19. The molecule has 4 atom stereocenters. The molecule has 1 aliphatic carbocycles. The molecule has 0 radical (unpaired) electrons. The number of rotatable bonds is 3. The second-order valence-corrected chi connectivity index (χ2v) is 7.93. The Bertz CT molecular complexity index is 315. The lowest BCUT2D eigenvalue weighted by Gasteiger charge is -2.50. The molecule has 0 aromatic heterocycles. The van der Waals surface area contributed by atoms with Gasteiger partial charge in [0.1, 0.15) is 0 Å². The van der Waals surface area contributed by atoms with Crippen molar-refractivity contribution in [2.24, 2.45) is 17.1 Å². The van der Waals surface area contributed by atoms with E-state index in [2.05, 4.69) is 44.5 Å². The fraction of sp³-hybridized carbons (Fsp3) is 1.00. The standard InChI is InChI=1S/C17H35N3/c1-6-17(3,4)14-7-8-15(18)16(11-14)20-10-9-19(5)12-13(20)2/h13-16H,6-12,18H2,1-5H3. The number of likely N-dealkylation sites (N-methyl/N-ethyl adjacent to an activating group) is 1. The van der Waals surface area contributed by atoms with Gasteiger partial charge in [-0.05, 0) is 44.6 Å². The maximum atomic E-state index is 6.50. The normalized spacial score (nSPS) is 38.1. The van der Waals surface area contributed by atoms with Crippen LogP contribution in [-0.2, 0) is 0 Å². The molecule has 20 heavy (non-hydrogen) atoms. The molecule has 118 valence electrons. The van der Waals surface area contributed by atoms with E-state index in [-0.39, 0.29) is 0 Å². The summed E-state index contributed by atoms with van der Waals surface area (Å²) in [6, 6.07) is 1.63. The molecule has 2 N–H and O–H groups in total. The van der Waals surface area contributed by atoms with E-state index in [1.54, 1.807) is 0 Å². The Balaban J connectivity index is 2.05. The van der Waals surface area contributed by atoms with E-state index >= 15 is 0 Å². The fourth-order valence-corrected chi connectivity index (χ4v) is 4.20. The molecular weight excluding hydrogens is 246 g/mol. The smallest absolute Gasteiger partial charge is 0.0253 e. The zero-order valence-electron chi connectivity index (χ0n) is 14.2. The van der Waals surface area contributed by atoms with Crippen LogP contribution < -0.4 is 5.73 Å². The number of hydrogen-bond donors (Lipinski definition) is 1. The number of nitrogens with two attached hydrogens (primary N) is 1. The Morgan fingerprint density at radius 2 is 1.90 bits per heavy atom. The Labute approximate surface area is 125 Å². The van der Waals surface area contributed by atoms with Gasteiger partial charge in [-0.3, -0.25) is 4.90 Å². The van der Waals surface area contributed by atoms with Crippen molar-refractivity contribution in [2.45, 2.75) is 71.5 Å². The van der Waals surface area contributed by atoms with Gasteiger partial charge in [-0.2, -0.15) is 0 Å². The Morgan fingerprint density at radius 1 is 1.20 bits per heavy atom. The van der Waals surface area contributed by atoms with Crippen LogP contribution >= 0.6 is 0 Å². The van der Waals surface area contributed by atoms with Crippen LogP contribution in [0.15, 0.2) is 0 Å². The van der Waals surface area contributed by atoms with Crippen LogP contribution in [0.3, 0.4) is 0 Å². The monoisotopic (exact) mass is 281 g/mol. The topological polar surface area (TPSA) is 32.5 Å². The SMILES string of the molecule is CCC(C)(C)C1CCC(N)C(N2CCN(C)CC2C)C1. The molecule has 2 fully saturated rings. The molecule has 0 bridgehead atoms. The molecule has 3 nitrogen and oxygen atoms in total. The van der Waals surface area contributed by atoms with Gasteiger partial charge in [0.25, 0.3) is 0 Å². The molecule has 1 heterocycles. The minimum Gasteiger partial charge on any atom is -0.326 e. The molecule has 0 spiro atoms. The van der Waals surface area contributed by atoms with Crippen molar-refractivity contribution in [3.8, 4) is 0 Å². The highest BCUT2D eigenvalue weighted by molar-refractivity contribution is 4.96. The van der Waals surface area contributed by atoms with Crippen LogP contribution in [0.2, 0.25) is 0 Å². The van der Waals surface area contributed by atoms with E-state index in [4.69, 9.17) is 5.73 Å². The van der Waals surface area contributed by atoms with E-state index in [9.17, 15) is 0 Å². The van der Waals surface area contributed by atoms with E-state index in [1.807, 2.05) is 0 Å². The number of hydrogen-bond acceptors (Lipinski definition) is 3. The molecule has 2 aliphatic rings. The van der Waals surface area contributed by atoms with E-state index in [0.29, 0.717) is 23.5 Å². The lowest BCUT2D eigenvalue weighted by molar-refractivity contribution is 0.00597. The fourth-order valence-electron chi connectivity index (χ4n) is 4.20. The van der Waals surface area contributed by atoms with Gasteiger partial charge in [0, 0.05) is 37.8 Å². The van der Waals surface area contributed by atoms with Crippen LogP contribution in [0.25, 0.3) is 0 Å². The first-order valence-electron chi connectivity index (χ1n) is 8.55. The summed E-state index contributed by atoms with van der Waals surface area (Å²) < 4.78 is 0. The minimum atomic E-state index is 0.379. The number of piperazine rings is 1. The van der Waals surface area contributed by atoms with Crippen molar-refractivity contribution < 1.29 is 0 Å². The van der Waals surface area contributed by atoms with Crippen molar-refractivity contribution in [3.63, 3.8) is 0 Å².